The van der Waals surface area contributed by atoms with Crippen LogP contribution in [0.4, 0.5) is 0 Å². The third kappa shape index (κ3) is 6.66. The summed E-state index contributed by atoms with van der Waals surface area (Å²) in [6, 6.07) is 8.25. The summed E-state index contributed by atoms with van der Waals surface area (Å²) in [4.78, 5) is 18.5. The van der Waals surface area contributed by atoms with Gasteiger partial charge in [0.15, 0.2) is 5.96 Å². The molecular formula is C19H31IN4O2. The molecule has 0 aliphatic carbocycles. The summed E-state index contributed by atoms with van der Waals surface area (Å²) >= 11 is 0. The van der Waals surface area contributed by atoms with Crippen LogP contribution in [0, 0.1) is 0 Å². The summed E-state index contributed by atoms with van der Waals surface area (Å²) in [5.41, 5.74) is 1.08. The fraction of sp³-hybridized carbons (Fsp3) is 0.579. The average molecular weight is 474 g/mol. The maximum atomic E-state index is 12.0. The molecule has 0 radical (unpaired) electrons. The van der Waals surface area contributed by atoms with Gasteiger partial charge in [0.2, 0.25) is 5.91 Å². The fourth-order valence-corrected chi connectivity index (χ4v) is 3.05. The molecule has 0 aromatic heterocycles. The van der Waals surface area contributed by atoms with E-state index in [0.717, 1.165) is 31.2 Å². The molecular weight excluding hydrogens is 443 g/mol. The lowest BCUT2D eigenvalue weighted by molar-refractivity contribution is -0.121. The van der Waals surface area contributed by atoms with Crippen LogP contribution in [0.25, 0.3) is 0 Å². The summed E-state index contributed by atoms with van der Waals surface area (Å²) in [7, 11) is 3.43. The van der Waals surface area contributed by atoms with E-state index in [1.165, 1.54) is 5.56 Å². The number of benzene rings is 1. The van der Waals surface area contributed by atoms with E-state index in [9.17, 15) is 4.79 Å². The van der Waals surface area contributed by atoms with Crippen molar-refractivity contribution in [3.63, 3.8) is 0 Å². The van der Waals surface area contributed by atoms with Crippen LogP contribution in [-0.2, 0) is 4.79 Å². The predicted molar refractivity (Wildman–Crippen MR) is 117 cm³/mol. The van der Waals surface area contributed by atoms with Gasteiger partial charge in [-0.05, 0) is 44.9 Å². The first-order valence-corrected chi connectivity index (χ1v) is 8.73. The maximum absolute atomic E-state index is 12.0. The van der Waals surface area contributed by atoms with Crippen LogP contribution in [0.5, 0.6) is 5.75 Å². The number of aliphatic imine (C=N–C) groups is 1. The zero-order chi connectivity index (χ0) is 18.4. The number of amides is 1. The lowest BCUT2D eigenvalue weighted by Gasteiger charge is -2.24. The van der Waals surface area contributed by atoms with Gasteiger partial charge in [-0.2, -0.15) is 0 Å². The number of methoxy groups -OCH3 is 1. The van der Waals surface area contributed by atoms with E-state index in [2.05, 4.69) is 32.7 Å². The molecule has 2 N–H and O–H groups in total. The minimum absolute atomic E-state index is 0. The molecule has 1 aromatic carbocycles. The minimum Gasteiger partial charge on any atom is -0.497 e. The first-order valence-electron chi connectivity index (χ1n) is 8.73. The van der Waals surface area contributed by atoms with Gasteiger partial charge in [-0.15, -0.1) is 24.0 Å². The molecule has 6 nitrogen and oxygen atoms in total. The van der Waals surface area contributed by atoms with Crippen LogP contribution in [0.1, 0.15) is 38.7 Å². The Kier molecular flexibility index (Phi) is 8.66. The number of nitrogens with zero attached hydrogens (tertiary/aromatic N) is 2. The molecule has 0 bridgehead atoms. The fourth-order valence-electron chi connectivity index (χ4n) is 3.05. The second kappa shape index (κ2) is 9.99. The highest BCUT2D eigenvalue weighted by molar-refractivity contribution is 14.0. The highest BCUT2D eigenvalue weighted by Crippen LogP contribution is 2.28. The van der Waals surface area contributed by atoms with Crippen molar-refractivity contribution < 1.29 is 9.53 Å². The van der Waals surface area contributed by atoms with Crippen LogP contribution < -0.4 is 15.4 Å². The largest absolute Gasteiger partial charge is 0.497 e. The zero-order valence-electron chi connectivity index (χ0n) is 16.3. The Morgan fingerprint density at radius 1 is 1.31 bits per heavy atom. The van der Waals surface area contributed by atoms with Gasteiger partial charge in [-0.3, -0.25) is 9.79 Å². The zero-order valence-corrected chi connectivity index (χ0v) is 18.7. The average Bonchev–Trinajstić information content (AvgIpc) is 3.04. The lowest BCUT2D eigenvalue weighted by atomic mass is 9.98. The van der Waals surface area contributed by atoms with E-state index in [1.54, 1.807) is 14.2 Å². The maximum Gasteiger partial charge on any atom is 0.239 e. The molecule has 1 amide bonds. The van der Waals surface area contributed by atoms with Crippen LogP contribution in [0.15, 0.2) is 29.3 Å². The molecule has 1 saturated heterocycles. The number of likely N-dealkylation sites (tertiary alicyclic amines) is 1. The quantitative estimate of drug-likeness (QED) is 0.400. The number of nitrogens with one attached hydrogen (secondary N) is 2. The molecule has 1 fully saturated rings. The van der Waals surface area contributed by atoms with Crippen molar-refractivity contribution in [3.05, 3.63) is 29.8 Å². The van der Waals surface area contributed by atoms with E-state index < -0.39 is 0 Å². The lowest BCUT2D eigenvalue weighted by Crippen LogP contribution is -2.48. The number of hydrogen-bond donors (Lipinski definition) is 2. The molecule has 1 heterocycles. The van der Waals surface area contributed by atoms with Crippen molar-refractivity contribution in [1.29, 1.82) is 0 Å². The van der Waals surface area contributed by atoms with Crippen LogP contribution in [0.3, 0.4) is 0 Å². The molecule has 1 unspecified atom stereocenters. The van der Waals surface area contributed by atoms with Gasteiger partial charge in [-0.1, -0.05) is 12.1 Å². The smallest absolute Gasteiger partial charge is 0.239 e. The van der Waals surface area contributed by atoms with Gasteiger partial charge in [0.25, 0.3) is 0 Å². The third-order valence-electron chi connectivity index (χ3n) is 4.21. The number of carbonyl (C=O) groups excluding carboxylic acids is 1. The summed E-state index contributed by atoms with van der Waals surface area (Å²) in [6.07, 6.45) is 1.07. The number of hydrogen-bond acceptors (Lipinski definition) is 3. The molecule has 1 aliphatic rings. The topological polar surface area (TPSA) is 66.0 Å². The van der Waals surface area contributed by atoms with Gasteiger partial charge in [-0.25, -0.2) is 0 Å². The van der Waals surface area contributed by atoms with Crippen LogP contribution >= 0.6 is 24.0 Å². The summed E-state index contributed by atoms with van der Waals surface area (Å²) in [5.74, 6) is 2.09. The number of guanidine groups is 1. The van der Waals surface area contributed by atoms with Crippen LogP contribution in [0.2, 0.25) is 0 Å². The molecule has 1 atom stereocenters. The Morgan fingerprint density at radius 3 is 2.50 bits per heavy atom. The SMILES string of the molecule is CN=C(NCC(=O)NC(C)(C)C)N1CCC(c2ccc(OC)cc2)C1.I. The van der Waals surface area contributed by atoms with Gasteiger partial charge in [0.05, 0.1) is 13.7 Å². The first kappa shape index (κ1) is 22.5. The molecule has 146 valence electrons. The van der Waals surface area contributed by atoms with Crippen molar-refractivity contribution in [2.45, 2.75) is 38.6 Å². The molecule has 0 saturated carbocycles. The third-order valence-corrected chi connectivity index (χ3v) is 4.21. The molecule has 0 spiro atoms. The Bertz CT molecular complexity index is 611. The second-order valence-corrected chi connectivity index (χ2v) is 7.40. The number of rotatable bonds is 4. The number of carbonyl (C=O) groups is 1. The van der Waals surface area contributed by atoms with Crippen molar-refractivity contribution in [2.24, 2.45) is 4.99 Å². The summed E-state index contributed by atoms with van der Waals surface area (Å²) in [5, 5.41) is 6.12. The Morgan fingerprint density at radius 2 is 1.96 bits per heavy atom. The van der Waals surface area contributed by atoms with Gasteiger partial charge < -0.3 is 20.3 Å². The van der Waals surface area contributed by atoms with Crippen molar-refractivity contribution in [3.8, 4) is 5.75 Å². The van der Waals surface area contributed by atoms with E-state index in [4.69, 9.17) is 4.74 Å². The first-order chi connectivity index (χ1) is 11.8. The van der Waals surface area contributed by atoms with Crippen molar-refractivity contribution in [2.75, 3.05) is 33.8 Å². The van der Waals surface area contributed by atoms with Gasteiger partial charge in [0, 0.05) is 31.6 Å². The van der Waals surface area contributed by atoms with Crippen molar-refractivity contribution in [1.82, 2.24) is 15.5 Å². The monoisotopic (exact) mass is 474 g/mol. The van der Waals surface area contributed by atoms with E-state index in [-0.39, 0.29) is 42.0 Å². The Hall–Kier alpha value is -1.51. The predicted octanol–water partition coefficient (Wildman–Crippen LogP) is 2.59. The highest BCUT2D eigenvalue weighted by Gasteiger charge is 2.26. The Labute approximate surface area is 173 Å². The number of ether oxygens (including phenoxy) is 1. The molecule has 1 aromatic rings. The summed E-state index contributed by atoms with van der Waals surface area (Å²) in [6.45, 7) is 7.97. The van der Waals surface area contributed by atoms with E-state index >= 15 is 0 Å². The van der Waals surface area contributed by atoms with Crippen LogP contribution in [-0.4, -0.2) is 56.1 Å². The highest BCUT2D eigenvalue weighted by atomic mass is 127. The minimum atomic E-state index is -0.227. The van der Waals surface area contributed by atoms with E-state index in [1.807, 2.05) is 32.9 Å². The van der Waals surface area contributed by atoms with Gasteiger partial charge >= 0.3 is 0 Å². The molecule has 26 heavy (non-hydrogen) atoms. The Balaban J connectivity index is 0.00000338. The number of halogens is 1. The normalized spacial score (nSPS) is 17.5. The van der Waals surface area contributed by atoms with Crippen molar-refractivity contribution >= 4 is 35.8 Å². The molecule has 1 aliphatic heterocycles. The summed E-state index contributed by atoms with van der Waals surface area (Å²) < 4.78 is 5.22. The van der Waals surface area contributed by atoms with Gasteiger partial charge in [0.1, 0.15) is 5.75 Å². The molecule has 2 rings (SSSR count). The molecule has 7 heteroatoms. The van der Waals surface area contributed by atoms with E-state index in [0.29, 0.717) is 5.92 Å². The second-order valence-electron chi connectivity index (χ2n) is 7.40. The standard InChI is InChI=1S/C19H30N4O2.HI/c1-19(2,3)22-17(24)12-21-18(20-4)23-11-10-15(13-23)14-6-8-16(25-5)9-7-14;/h6-9,15H,10-13H2,1-5H3,(H,20,21)(H,22,24);1H.